The summed E-state index contributed by atoms with van der Waals surface area (Å²) in [6.45, 7) is 8.70. The molecule has 1 aromatic rings. The van der Waals surface area contributed by atoms with Crippen molar-refractivity contribution in [2.45, 2.75) is 33.7 Å². The molecule has 0 unspecified atom stereocenters. The summed E-state index contributed by atoms with van der Waals surface area (Å²) in [5, 5.41) is 3.48. The first-order valence-electron chi connectivity index (χ1n) is 5.69. The van der Waals surface area contributed by atoms with Gasteiger partial charge in [-0.2, -0.15) is 0 Å². The van der Waals surface area contributed by atoms with E-state index in [1.54, 1.807) is 0 Å². The third kappa shape index (κ3) is 4.14. The number of nitrogens with two attached hydrogens (primary N) is 1. The maximum atomic E-state index is 5.74. The molecule has 90 valence electrons. The topological polar surface area (TPSA) is 38.0 Å². The minimum Gasteiger partial charge on any atom is -0.398 e. The minimum atomic E-state index is 0.366. The molecule has 1 aromatic carbocycles. The normalized spacial score (nSPS) is 11.8. The number of benzene rings is 1. The zero-order valence-electron chi connectivity index (χ0n) is 10.3. The third-order valence-corrected chi connectivity index (χ3v) is 3.64. The minimum absolute atomic E-state index is 0.366. The molecule has 0 heterocycles. The molecule has 0 fully saturated rings. The molecule has 0 aromatic heterocycles. The molecule has 0 saturated heterocycles. The van der Waals surface area contributed by atoms with Crippen LogP contribution in [0.15, 0.2) is 22.7 Å². The summed E-state index contributed by atoms with van der Waals surface area (Å²) in [7, 11) is 0. The Morgan fingerprint density at radius 3 is 2.62 bits per heavy atom. The number of hydrogen-bond donors (Lipinski definition) is 2. The van der Waals surface area contributed by atoms with Crippen molar-refractivity contribution in [2.24, 2.45) is 5.41 Å². The van der Waals surface area contributed by atoms with Crippen molar-refractivity contribution in [2.75, 3.05) is 12.3 Å². The van der Waals surface area contributed by atoms with E-state index in [1.807, 2.05) is 6.07 Å². The van der Waals surface area contributed by atoms with Gasteiger partial charge in [0.05, 0.1) is 0 Å². The predicted octanol–water partition coefficient (Wildman–Crippen LogP) is 3.56. The Morgan fingerprint density at radius 2 is 2.06 bits per heavy atom. The molecule has 0 amide bonds. The number of halogens is 1. The summed E-state index contributed by atoms with van der Waals surface area (Å²) in [6.07, 6.45) is 1.19. The molecule has 0 saturated carbocycles. The lowest BCUT2D eigenvalue weighted by Crippen LogP contribution is -2.28. The first kappa shape index (κ1) is 13.5. The second kappa shape index (κ2) is 5.69. The van der Waals surface area contributed by atoms with Crippen LogP contribution in [0.4, 0.5) is 5.69 Å². The molecule has 0 aliphatic rings. The Labute approximate surface area is 107 Å². The summed E-state index contributed by atoms with van der Waals surface area (Å²) >= 11 is 3.44. The highest BCUT2D eigenvalue weighted by atomic mass is 79.9. The standard InChI is InChI=1S/C13H21BrN2/c1-4-13(2,3)9-16-8-10-5-6-12(15)11(14)7-10/h5-7,16H,4,8-9,15H2,1-3H3. The van der Waals surface area contributed by atoms with Crippen molar-refractivity contribution in [3.8, 4) is 0 Å². The lowest BCUT2D eigenvalue weighted by Gasteiger charge is -2.23. The van der Waals surface area contributed by atoms with Crippen molar-refractivity contribution in [3.63, 3.8) is 0 Å². The second-order valence-electron chi connectivity index (χ2n) is 4.98. The highest BCUT2D eigenvalue weighted by molar-refractivity contribution is 9.10. The summed E-state index contributed by atoms with van der Waals surface area (Å²) in [6, 6.07) is 6.07. The molecule has 0 bridgehead atoms. The summed E-state index contributed by atoms with van der Waals surface area (Å²) in [4.78, 5) is 0. The molecule has 16 heavy (non-hydrogen) atoms. The molecule has 3 heteroatoms. The molecule has 3 N–H and O–H groups in total. The van der Waals surface area contributed by atoms with Crippen LogP contribution in [-0.4, -0.2) is 6.54 Å². The number of hydrogen-bond acceptors (Lipinski definition) is 2. The monoisotopic (exact) mass is 284 g/mol. The van der Waals surface area contributed by atoms with E-state index in [0.29, 0.717) is 5.41 Å². The molecule has 1 rings (SSSR count). The second-order valence-corrected chi connectivity index (χ2v) is 5.83. The molecular formula is C13H21BrN2. The van der Waals surface area contributed by atoms with Gasteiger partial charge in [0, 0.05) is 23.2 Å². The molecule has 2 nitrogen and oxygen atoms in total. The van der Waals surface area contributed by atoms with Crippen molar-refractivity contribution in [3.05, 3.63) is 28.2 Å². The zero-order chi connectivity index (χ0) is 12.2. The lowest BCUT2D eigenvalue weighted by molar-refractivity contribution is 0.327. The van der Waals surface area contributed by atoms with E-state index in [4.69, 9.17) is 5.73 Å². The van der Waals surface area contributed by atoms with Crippen LogP contribution in [0, 0.1) is 5.41 Å². The first-order valence-corrected chi connectivity index (χ1v) is 6.48. The Morgan fingerprint density at radius 1 is 1.38 bits per heavy atom. The van der Waals surface area contributed by atoms with E-state index < -0.39 is 0 Å². The van der Waals surface area contributed by atoms with Crippen LogP contribution in [0.2, 0.25) is 0 Å². The van der Waals surface area contributed by atoms with E-state index in [0.717, 1.165) is 23.2 Å². The summed E-state index contributed by atoms with van der Waals surface area (Å²) in [5.74, 6) is 0. The van der Waals surface area contributed by atoms with Crippen molar-refractivity contribution in [1.29, 1.82) is 0 Å². The van der Waals surface area contributed by atoms with Crippen LogP contribution >= 0.6 is 15.9 Å². The maximum absolute atomic E-state index is 5.74. The van der Waals surface area contributed by atoms with Crippen LogP contribution < -0.4 is 11.1 Å². The zero-order valence-corrected chi connectivity index (χ0v) is 11.9. The molecular weight excluding hydrogens is 264 g/mol. The molecule has 0 aliphatic heterocycles. The van der Waals surface area contributed by atoms with Gasteiger partial charge in [0.25, 0.3) is 0 Å². The van der Waals surface area contributed by atoms with Gasteiger partial charge >= 0.3 is 0 Å². The van der Waals surface area contributed by atoms with Crippen LogP contribution in [0.25, 0.3) is 0 Å². The Bertz CT molecular complexity index is 348. The van der Waals surface area contributed by atoms with Crippen molar-refractivity contribution < 1.29 is 0 Å². The average molecular weight is 285 g/mol. The molecule has 0 atom stereocenters. The number of rotatable bonds is 5. The van der Waals surface area contributed by atoms with Gasteiger partial charge in [-0.15, -0.1) is 0 Å². The van der Waals surface area contributed by atoms with Gasteiger partial charge in [0.15, 0.2) is 0 Å². The summed E-state index contributed by atoms with van der Waals surface area (Å²) < 4.78 is 0.974. The molecule has 0 spiro atoms. The number of nitrogens with one attached hydrogen (secondary N) is 1. The van der Waals surface area contributed by atoms with Crippen LogP contribution in [0.1, 0.15) is 32.8 Å². The van der Waals surface area contributed by atoms with Gasteiger partial charge in [-0.1, -0.05) is 26.8 Å². The average Bonchev–Trinajstić information content (AvgIpc) is 2.23. The van der Waals surface area contributed by atoms with E-state index in [9.17, 15) is 0 Å². The quantitative estimate of drug-likeness (QED) is 0.812. The fourth-order valence-corrected chi connectivity index (χ4v) is 1.78. The van der Waals surface area contributed by atoms with E-state index >= 15 is 0 Å². The van der Waals surface area contributed by atoms with Gasteiger partial charge in [-0.25, -0.2) is 0 Å². The first-order chi connectivity index (χ1) is 7.44. The fraction of sp³-hybridized carbons (Fsp3) is 0.538. The van der Waals surface area contributed by atoms with E-state index in [2.05, 4.69) is 54.2 Å². The van der Waals surface area contributed by atoms with Gasteiger partial charge < -0.3 is 11.1 Å². The number of nitrogen functional groups attached to an aromatic ring is 1. The van der Waals surface area contributed by atoms with Crippen LogP contribution in [0.5, 0.6) is 0 Å². The van der Waals surface area contributed by atoms with Gasteiger partial charge in [0.1, 0.15) is 0 Å². The Balaban J connectivity index is 2.46. The summed E-state index contributed by atoms with van der Waals surface area (Å²) in [5.41, 5.74) is 8.15. The highest BCUT2D eigenvalue weighted by Crippen LogP contribution is 2.21. The van der Waals surface area contributed by atoms with Crippen molar-refractivity contribution in [1.82, 2.24) is 5.32 Å². The van der Waals surface area contributed by atoms with Gasteiger partial charge in [-0.3, -0.25) is 0 Å². The Hall–Kier alpha value is -0.540. The number of anilines is 1. The van der Waals surface area contributed by atoms with E-state index in [1.165, 1.54) is 12.0 Å². The van der Waals surface area contributed by atoms with Crippen molar-refractivity contribution >= 4 is 21.6 Å². The van der Waals surface area contributed by atoms with Gasteiger partial charge in [-0.05, 0) is 45.5 Å². The molecule has 0 radical (unpaired) electrons. The maximum Gasteiger partial charge on any atom is 0.0458 e. The smallest absolute Gasteiger partial charge is 0.0458 e. The Kier molecular flexibility index (Phi) is 4.81. The van der Waals surface area contributed by atoms with E-state index in [-0.39, 0.29) is 0 Å². The van der Waals surface area contributed by atoms with Gasteiger partial charge in [0.2, 0.25) is 0 Å². The molecule has 0 aliphatic carbocycles. The predicted molar refractivity (Wildman–Crippen MR) is 74.3 cm³/mol. The van der Waals surface area contributed by atoms with Crippen LogP contribution in [0.3, 0.4) is 0 Å². The lowest BCUT2D eigenvalue weighted by atomic mass is 9.90. The largest absolute Gasteiger partial charge is 0.398 e. The SMILES string of the molecule is CCC(C)(C)CNCc1ccc(N)c(Br)c1. The van der Waals surface area contributed by atoms with Crippen LogP contribution in [-0.2, 0) is 6.54 Å². The highest BCUT2D eigenvalue weighted by Gasteiger charge is 2.13. The fourth-order valence-electron chi connectivity index (χ4n) is 1.35. The third-order valence-electron chi connectivity index (χ3n) is 2.95.